The smallest absolute Gasteiger partial charge is 0.320 e. The Morgan fingerprint density at radius 1 is 1.57 bits per heavy atom. The van der Waals surface area contributed by atoms with Gasteiger partial charge in [-0.1, -0.05) is 0 Å². The minimum absolute atomic E-state index is 0.00226. The van der Waals surface area contributed by atoms with E-state index >= 15 is 0 Å². The Hall–Kier alpha value is -1.10. The second-order valence-electron chi connectivity index (χ2n) is 4.03. The van der Waals surface area contributed by atoms with Crippen LogP contribution in [0.2, 0.25) is 0 Å². The molecule has 1 saturated carbocycles. The molecule has 2 unspecified atom stereocenters. The Morgan fingerprint density at radius 2 is 2.29 bits per heavy atom. The SMILES string of the molecule is O=C1CC(NC(C(=O)O)C2CC2)CN1. The van der Waals surface area contributed by atoms with Gasteiger partial charge in [0.25, 0.3) is 0 Å². The molecule has 0 radical (unpaired) electrons. The van der Waals surface area contributed by atoms with Crippen LogP contribution in [-0.4, -0.2) is 35.6 Å². The summed E-state index contributed by atoms with van der Waals surface area (Å²) < 4.78 is 0. The van der Waals surface area contributed by atoms with Crippen LogP contribution in [0.25, 0.3) is 0 Å². The van der Waals surface area contributed by atoms with Crippen molar-refractivity contribution >= 4 is 11.9 Å². The highest BCUT2D eigenvalue weighted by atomic mass is 16.4. The Balaban J connectivity index is 1.87. The molecule has 1 amide bonds. The van der Waals surface area contributed by atoms with Gasteiger partial charge in [0.1, 0.15) is 6.04 Å². The molecule has 14 heavy (non-hydrogen) atoms. The lowest BCUT2D eigenvalue weighted by atomic mass is 10.1. The van der Waals surface area contributed by atoms with Crippen LogP contribution in [0.1, 0.15) is 19.3 Å². The van der Waals surface area contributed by atoms with Crippen LogP contribution in [0.3, 0.4) is 0 Å². The van der Waals surface area contributed by atoms with Crippen LogP contribution >= 0.6 is 0 Å². The Kier molecular flexibility index (Phi) is 2.41. The summed E-state index contributed by atoms with van der Waals surface area (Å²) in [4.78, 5) is 21.8. The fourth-order valence-corrected chi connectivity index (χ4v) is 1.82. The van der Waals surface area contributed by atoms with Crippen molar-refractivity contribution in [1.82, 2.24) is 10.6 Å². The number of carbonyl (C=O) groups is 2. The molecule has 0 aromatic heterocycles. The Morgan fingerprint density at radius 3 is 2.71 bits per heavy atom. The maximum atomic E-state index is 10.9. The van der Waals surface area contributed by atoms with Gasteiger partial charge in [0.15, 0.2) is 0 Å². The highest BCUT2D eigenvalue weighted by Crippen LogP contribution is 2.33. The third kappa shape index (κ3) is 2.04. The quantitative estimate of drug-likeness (QED) is 0.559. The number of carboxylic acids is 1. The van der Waals surface area contributed by atoms with Gasteiger partial charge in [0.2, 0.25) is 5.91 Å². The first-order valence-electron chi connectivity index (χ1n) is 4.92. The minimum Gasteiger partial charge on any atom is -0.480 e. The molecule has 3 N–H and O–H groups in total. The first kappa shape index (κ1) is 9.45. The first-order valence-corrected chi connectivity index (χ1v) is 4.92. The summed E-state index contributed by atoms with van der Waals surface area (Å²) in [6.45, 7) is 0.551. The molecule has 2 fully saturated rings. The Labute approximate surface area is 81.9 Å². The lowest BCUT2D eigenvalue weighted by Crippen LogP contribution is -2.45. The molecule has 1 heterocycles. The predicted octanol–water partition coefficient (Wildman–Crippen LogP) is -0.672. The topological polar surface area (TPSA) is 78.4 Å². The van der Waals surface area contributed by atoms with Crippen molar-refractivity contribution < 1.29 is 14.7 Å². The summed E-state index contributed by atoms with van der Waals surface area (Å²) in [7, 11) is 0. The van der Waals surface area contributed by atoms with E-state index in [4.69, 9.17) is 5.11 Å². The average molecular weight is 198 g/mol. The third-order valence-corrected chi connectivity index (χ3v) is 2.75. The number of hydrogen-bond acceptors (Lipinski definition) is 3. The monoisotopic (exact) mass is 198 g/mol. The molecule has 1 aliphatic heterocycles. The fourth-order valence-electron chi connectivity index (χ4n) is 1.82. The van der Waals surface area contributed by atoms with Gasteiger partial charge < -0.3 is 10.4 Å². The number of nitrogens with one attached hydrogen (secondary N) is 2. The van der Waals surface area contributed by atoms with Gasteiger partial charge in [0, 0.05) is 19.0 Å². The number of rotatable bonds is 4. The first-order chi connectivity index (χ1) is 6.66. The van der Waals surface area contributed by atoms with E-state index in [1.54, 1.807) is 0 Å². The van der Waals surface area contributed by atoms with Crippen molar-refractivity contribution in [2.24, 2.45) is 5.92 Å². The van der Waals surface area contributed by atoms with Crippen LogP contribution in [0.4, 0.5) is 0 Å². The van der Waals surface area contributed by atoms with Gasteiger partial charge in [-0.3, -0.25) is 14.9 Å². The molecule has 0 aromatic carbocycles. The van der Waals surface area contributed by atoms with Crippen molar-refractivity contribution in [2.75, 3.05) is 6.54 Å². The van der Waals surface area contributed by atoms with Gasteiger partial charge in [-0.25, -0.2) is 0 Å². The number of aliphatic carboxylic acids is 1. The highest BCUT2D eigenvalue weighted by molar-refractivity contribution is 5.79. The van der Waals surface area contributed by atoms with Crippen molar-refractivity contribution in [3.05, 3.63) is 0 Å². The molecule has 0 aromatic rings. The van der Waals surface area contributed by atoms with E-state index in [0.29, 0.717) is 13.0 Å². The highest BCUT2D eigenvalue weighted by Gasteiger charge is 2.38. The van der Waals surface area contributed by atoms with Gasteiger partial charge in [-0.2, -0.15) is 0 Å². The van der Waals surface area contributed by atoms with Crippen LogP contribution in [0, 0.1) is 5.92 Å². The van der Waals surface area contributed by atoms with Crippen molar-refractivity contribution in [2.45, 2.75) is 31.3 Å². The van der Waals surface area contributed by atoms with E-state index in [2.05, 4.69) is 10.6 Å². The molecule has 1 aliphatic carbocycles. The summed E-state index contributed by atoms with van der Waals surface area (Å²) in [5.74, 6) is -0.530. The predicted molar refractivity (Wildman–Crippen MR) is 48.7 cm³/mol. The summed E-state index contributed by atoms with van der Waals surface area (Å²) in [5, 5.41) is 14.6. The fraction of sp³-hybridized carbons (Fsp3) is 0.778. The molecule has 5 heteroatoms. The minimum atomic E-state index is -0.799. The molecular weight excluding hydrogens is 184 g/mol. The average Bonchev–Trinajstić information content (AvgIpc) is 2.86. The van der Waals surface area contributed by atoms with Crippen LogP contribution in [0.5, 0.6) is 0 Å². The van der Waals surface area contributed by atoms with E-state index in [1.165, 1.54) is 0 Å². The van der Waals surface area contributed by atoms with Crippen LogP contribution in [0.15, 0.2) is 0 Å². The molecular formula is C9H14N2O3. The zero-order chi connectivity index (χ0) is 10.1. The third-order valence-electron chi connectivity index (χ3n) is 2.75. The standard InChI is InChI=1S/C9H14N2O3/c12-7-3-6(4-10-7)11-8(9(13)14)5-1-2-5/h5-6,8,11H,1-4H2,(H,10,12)(H,13,14). The number of carboxylic acid groups (broad SMARTS) is 1. The largest absolute Gasteiger partial charge is 0.480 e. The van der Waals surface area contributed by atoms with E-state index in [1.807, 2.05) is 0 Å². The second-order valence-corrected chi connectivity index (χ2v) is 4.03. The molecule has 5 nitrogen and oxygen atoms in total. The van der Waals surface area contributed by atoms with E-state index in [9.17, 15) is 9.59 Å². The molecule has 0 spiro atoms. The summed E-state index contributed by atoms with van der Waals surface area (Å²) >= 11 is 0. The van der Waals surface area contributed by atoms with Crippen molar-refractivity contribution in [1.29, 1.82) is 0 Å². The van der Waals surface area contributed by atoms with Crippen LogP contribution in [-0.2, 0) is 9.59 Å². The molecule has 1 saturated heterocycles. The lowest BCUT2D eigenvalue weighted by Gasteiger charge is -2.17. The molecule has 2 atom stereocenters. The van der Waals surface area contributed by atoms with Crippen molar-refractivity contribution in [3.63, 3.8) is 0 Å². The summed E-state index contributed by atoms with van der Waals surface area (Å²) in [5.41, 5.74) is 0. The maximum absolute atomic E-state index is 10.9. The molecule has 78 valence electrons. The Bertz CT molecular complexity index is 263. The number of hydrogen-bond donors (Lipinski definition) is 3. The van der Waals surface area contributed by atoms with E-state index < -0.39 is 12.0 Å². The van der Waals surface area contributed by atoms with Gasteiger partial charge in [-0.15, -0.1) is 0 Å². The zero-order valence-corrected chi connectivity index (χ0v) is 7.82. The molecule has 0 bridgehead atoms. The van der Waals surface area contributed by atoms with E-state index in [-0.39, 0.29) is 17.9 Å². The van der Waals surface area contributed by atoms with Gasteiger partial charge in [0.05, 0.1) is 0 Å². The number of carbonyl (C=O) groups excluding carboxylic acids is 1. The normalized spacial score (nSPS) is 28.6. The number of amides is 1. The molecule has 2 rings (SSSR count). The van der Waals surface area contributed by atoms with Crippen LogP contribution < -0.4 is 10.6 Å². The lowest BCUT2D eigenvalue weighted by molar-refractivity contribution is -0.140. The summed E-state index contributed by atoms with van der Waals surface area (Å²) in [6, 6.07) is -0.475. The zero-order valence-electron chi connectivity index (χ0n) is 7.82. The van der Waals surface area contributed by atoms with Gasteiger partial charge >= 0.3 is 5.97 Å². The maximum Gasteiger partial charge on any atom is 0.320 e. The second kappa shape index (κ2) is 3.57. The van der Waals surface area contributed by atoms with E-state index in [0.717, 1.165) is 12.8 Å². The van der Waals surface area contributed by atoms with Gasteiger partial charge in [-0.05, 0) is 18.8 Å². The molecule has 2 aliphatic rings. The van der Waals surface area contributed by atoms with Crippen molar-refractivity contribution in [3.8, 4) is 0 Å². The summed E-state index contributed by atoms with van der Waals surface area (Å²) in [6.07, 6.45) is 2.37.